The topological polar surface area (TPSA) is 92.5 Å². The molecule has 2 atom stereocenters. The molecule has 2 aliphatic rings. The zero-order valence-corrected chi connectivity index (χ0v) is 24.1. The zero-order valence-electron chi connectivity index (χ0n) is 23.3. The highest BCUT2D eigenvalue weighted by atomic mass is 35.5. The zero-order chi connectivity index (χ0) is 29.4. The van der Waals surface area contributed by atoms with E-state index >= 15 is 4.39 Å². The van der Waals surface area contributed by atoms with Gasteiger partial charge < -0.3 is 20.0 Å². The van der Waals surface area contributed by atoms with Gasteiger partial charge in [0.25, 0.3) is 0 Å². The number of amidine groups is 1. The number of rotatable bonds is 5. The lowest BCUT2D eigenvalue weighted by atomic mass is 9.99. The minimum absolute atomic E-state index is 0.0564. The fourth-order valence-electron chi connectivity index (χ4n) is 5.67. The number of phenolic OH excluding ortho intramolecular Hbond substituents is 1. The van der Waals surface area contributed by atoms with Gasteiger partial charge >= 0.3 is 0 Å². The highest BCUT2D eigenvalue weighted by Crippen LogP contribution is 2.43. The maximum Gasteiger partial charge on any atom is 0.246 e. The van der Waals surface area contributed by atoms with Crippen LogP contribution in [-0.2, 0) is 17.6 Å². The lowest BCUT2D eigenvalue weighted by molar-refractivity contribution is -0.128. The number of carbonyl (C=O) groups is 1. The largest absolute Gasteiger partial charge is 0.507 e. The number of phenols is 1. The van der Waals surface area contributed by atoms with Crippen molar-refractivity contribution in [3.63, 3.8) is 0 Å². The van der Waals surface area contributed by atoms with E-state index in [0.717, 1.165) is 16.8 Å². The van der Waals surface area contributed by atoms with Gasteiger partial charge in [0.15, 0.2) is 0 Å². The Morgan fingerprint density at radius 1 is 1.17 bits per heavy atom. The summed E-state index contributed by atoms with van der Waals surface area (Å²) in [7, 11) is 0. The highest BCUT2D eigenvalue weighted by Gasteiger charge is 2.38. The van der Waals surface area contributed by atoms with Crippen LogP contribution in [-0.4, -0.2) is 68.8 Å². The standard InChI is InChI=1S/C31H33ClFN5O3/c1-5-19-10-8-11-20(6-2)28(19)38-30-21(16-22(32)27(34-30)26-23(33)12-9-13-24(26)39)29(35-31(38)41)37-15-14-36(17-18(37)4)25(40)7-3/h7-13,16,18,31,39,41H,3,5-6,14-15,17H2,1-2,4H3/t18-,31?/m0/s1. The Balaban J connectivity index is 1.72. The number of aromatic hydroxyl groups is 1. The number of aromatic nitrogens is 1. The number of aliphatic hydroxyl groups excluding tert-OH is 1. The van der Waals surface area contributed by atoms with Gasteiger partial charge in [-0.25, -0.2) is 14.4 Å². The summed E-state index contributed by atoms with van der Waals surface area (Å²) < 4.78 is 15.0. The third-order valence-electron chi connectivity index (χ3n) is 7.71. The van der Waals surface area contributed by atoms with E-state index in [1.165, 1.54) is 24.3 Å². The van der Waals surface area contributed by atoms with Gasteiger partial charge in [0.05, 0.1) is 27.5 Å². The van der Waals surface area contributed by atoms with Crippen LogP contribution in [0.5, 0.6) is 5.75 Å². The van der Waals surface area contributed by atoms with E-state index in [0.29, 0.717) is 49.7 Å². The van der Waals surface area contributed by atoms with E-state index in [9.17, 15) is 15.0 Å². The van der Waals surface area contributed by atoms with Crippen LogP contribution in [0, 0.1) is 5.82 Å². The molecule has 2 aliphatic heterocycles. The smallest absolute Gasteiger partial charge is 0.246 e. The number of piperazine rings is 1. The van der Waals surface area contributed by atoms with Crippen LogP contribution in [0.2, 0.25) is 5.02 Å². The number of hydrogen-bond acceptors (Lipinski definition) is 7. The third kappa shape index (κ3) is 5.04. The molecule has 0 radical (unpaired) electrons. The molecule has 1 aromatic heterocycles. The summed E-state index contributed by atoms with van der Waals surface area (Å²) in [5.74, 6) is -0.285. The number of fused-ring (bicyclic) bond motifs is 1. The molecule has 3 aromatic rings. The molecule has 1 saturated heterocycles. The lowest BCUT2D eigenvalue weighted by Gasteiger charge is -2.44. The summed E-state index contributed by atoms with van der Waals surface area (Å²) in [4.78, 5) is 27.3. The quantitative estimate of drug-likeness (QED) is 0.402. The minimum atomic E-state index is -1.34. The molecular formula is C31H33ClFN5O3. The first kappa shape index (κ1) is 28.6. The van der Waals surface area contributed by atoms with Gasteiger partial charge in [0.1, 0.15) is 23.2 Å². The van der Waals surface area contributed by atoms with Crippen molar-refractivity contribution >= 4 is 34.8 Å². The minimum Gasteiger partial charge on any atom is -0.507 e. The Morgan fingerprint density at radius 3 is 2.46 bits per heavy atom. The Morgan fingerprint density at radius 2 is 1.85 bits per heavy atom. The Bertz CT molecular complexity index is 1500. The van der Waals surface area contributed by atoms with Crippen molar-refractivity contribution in [3.05, 3.63) is 82.6 Å². The average molecular weight is 578 g/mol. The van der Waals surface area contributed by atoms with E-state index in [2.05, 4.69) is 6.58 Å². The van der Waals surface area contributed by atoms with Crippen LogP contribution in [0.25, 0.3) is 11.3 Å². The van der Waals surface area contributed by atoms with Crippen LogP contribution >= 0.6 is 11.6 Å². The van der Waals surface area contributed by atoms with E-state index in [1.807, 2.05) is 43.9 Å². The first-order valence-corrected chi connectivity index (χ1v) is 14.1. The fourth-order valence-corrected chi connectivity index (χ4v) is 5.92. The van der Waals surface area contributed by atoms with Gasteiger partial charge in [-0.15, -0.1) is 0 Å². The van der Waals surface area contributed by atoms with Crippen molar-refractivity contribution in [2.45, 2.75) is 46.0 Å². The molecule has 214 valence electrons. The van der Waals surface area contributed by atoms with E-state index in [-0.39, 0.29) is 34.0 Å². The predicted octanol–water partition coefficient (Wildman–Crippen LogP) is 5.26. The molecular weight excluding hydrogens is 545 g/mol. The first-order chi connectivity index (χ1) is 19.7. The van der Waals surface area contributed by atoms with Crippen LogP contribution in [0.1, 0.15) is 37.5 Å². The number of amides is 1. The molecule has 1 fully saturated rings. The molecule has 3 heterocycles. The molecule has 8 nitrogen and oxygen atoms in total. The van der Waals surface area contributed by atoms with Crippen LogP contribution in [0.15, 0.2) is 60.1 Å². The summed E-state index contributed by atoms with van der Waals surface area (Å²) in [5.41, 5.74) is 3.25. The number of halogens is 2. The van der Waals surface area contributed by atoms with Crippen molar-refractivity contribution in [1.82, 2.24) is 14.8 Å². The molecule has 1 unspecified atom stereocenters. The molecule has 0 aliphatic carbocycles. The molecule has 0 saturated carbocycles. The molecule has 0 bridgehead atoms. The fraction of sp³-hybridized carbons (Fsp3) is 0.323. The maximum atomic E-state index is 15.0. The number of para-hydroxylation sites is 1. The second kappa shape index (κ2) is 11.5. The number of aliphatic hydroxyl groups is 1. The molecule has 10 heteroatoms. The average Bonchev–Trinajstić information content (AvgIpc) is 2.96. The van der Waals surface area contributed by atoms with Gasteiger partial charge in [-0.2, -0.15) is 0 Å². The summed E-state index contributed by atoms with van der Waals surface area (Å²) in [5, 5.41) is 22.4. The molecule has 5 rings (SSSR count). The van der Waals surface area contributed by atoms with Crippen LogP contribution in [0.4, 0.5) is 15.9 Å². The normalized spacial score (nSPS) is 18.7. The number of carbonyl (C=O) groups excluding carboxylic acids is 1. The van der Waals surface area contributed by atoms with Crippen molar-refractivity contribution in [2.75, 3.05) is 24.5 Å². The highest BCUT2D eigenvalue weighted by molar-refractivity contribution is 6.33. The van der Waals surface area contributed by atoms with Gasteiger partial charge in [-0.3, -0.25) is 9.69 Å². The van der Waals surface area contributed by atoms with E-state index < -0.39 is 12.2 Å². The third-order valence-corrected chi connectivity index (χ3v) is 8.00. The second-order valence-corrected chi connectivity index (χ2v) is 10.6. The molecule has 41 heavy (non-hydrogen) atoms. The number of anilines is 2. The van der Waals surface area contributed by atoms with Crippen molar-refractivity contribution in [2.24, 2.45) is 4.99 Å². The van der Waals surface area contributed by atoms with Crippen molar-refractivity contribution in [3.8, 4) is 17.0 Å². The number of hydrogen-bond donors (Lipinski definition) is 2. The van der Waals surface area contributed by atoms with Crippen LogP contribution < -0.4 is 4.90 Å². The first-order valence-electron chi connectivity index (χ1n) is 13.7. The second-order valence-electron chi connectivity index (χ2n) is 10.2. The monoisotopic (exact) mass is 577 g/mol. The lowest BCUT2D eigenvalue weighted by Crippen LogP contribution is -2.56. The molecule has 1 amide bonds. The summed E-state index contributed by atoms with van der Waals surface area (Å²) >= 11 is 6.75. The van der Waals surface area contributed by atoms with E-state index in [4.69, 9.17) is 21.6 Å². The van der Waals surface area contributed by atoms with Crippen molar-refractivity contribution in [1.29, 1.82) is 0 Å². The number of nitrogens with zero attached hydrogens (tertiary/aromatic N) is 5. The number of aryl methyl sites for hydroxylation is 2. The molecule has 2 N–H and O–H groups in total. The number of benzene rings is 2. The van der Waals surface area contributed by atoms with Gasteiger partial charge in [0, 0.05) is 25.7 Å². The summed E-state index contributed by atoms with van der Waals surface area (Å²) in [6.45, 7) is 11.0. The Hall–Kier alpha value is -3.95. The summed E-state index contributed by atoms with van der Waals surface area (Å²) in [6, 6.07) is 11.5. The van der Waals surface area contributed by atoms with E-state index in [1.54, 1.807) is 15.9 Å². The maximum absolute atomic E-state index is 15.0. The Labute approximate surface area is 244 Å². The SMILES string of the molecule is C=CC(=O)N1CCN(C2=NC(O)N(c3c(CC)cccc3CC)c3nc(-c4c(O)cccc4F)c(Cl)cc32)[C@@H](C)C1. The van der Waals surface area contributed by atoms with Crippen molar-refractivity contribution < 1.29 is 19.4 Å². The number of aliphatic imine (C=N–C) groups is 1. The van der Waals surface area contributed by atoms with Gasteiger partial charge in [-0.1, -0.05) is 56.3 Å². The Kier molecular flexibility index (Phi) is 8.02. The van der Waals surface area contributed by atoms with Gasteiger partial charge in [-0.05, 0) is 55.2 Å². The summed E-state index contributed by atoms with van der Waals surface area (Å²) in [6.07, 6.45) is 1.36. The number of pyridine rings is 1. The predicted molar refractivity (Wildman–Crippen MR) is 159 cm³/mol. The van der Waals surface area contributed by atoms with Crippen LogP contribution in [0.3, 0.4) is 0 Å². The van der Waals surface area contributed by atoms with Gasteiger partial charge in [0.2, 0.25) is 12.3 Å². The molecule has 2 aromatic carbocycles. The molecule has 0 spiro atoms.